The first-order valence-corrected chi connectivity index (χ1v) is 4.46. The van der Waals surface area contributed by atoms with Crippen LogP contribution in [0.2, 0.25) is 0 Å². The van der Waals surface area contributed by atoms with Crippen molar-refractivity contribution in [1.82, 2.24) is 0 Å². The van der Waals surface area contributed by atoms with Crippen molar-refractivity contribution in [3.63, 3.8) is 0 Å². The van der Waals surface area contributed by atoms with Crippen LogP contribution in [0.25, 0.3) is 0 Å². The molecule has 0 heterocycles. The number of carbonyl (C=O) groups is 1. The number of esters is 1. The Bertz CT molecular complexity index is 202. The van der Waals surface area contributed by atoms with Crippen LogP contribution in [0.3, 0.4) is 0 Å². The first-order valence-electron chi connectivity index (χ1n) is 4.46. The van der Waals surface area contributed by atoms with E-state index in [0.29, 0.717) is 12.5 Å². The monoisotopic (exact) mass is 168 g/mol. The molecule has 0 aromatic rings. The fraction of sp³-hybridized carbons (Fsp3) is 0.700. The lowest BCUT2D eigenvalue weighted by Crippen LogP contribution is -2.06. The van der Waals surface area contributed by atoms with Crippen LogP contribution in [0.5, 0.6) is 0 Å². The average molecular weight is 168 g/mol. The number of rotatable bonds is 3. The Morgan fingerprint density at radius 1 is 1.58 bits per heavy atom. The van der Waals surface area contributed by atoms with Crippen molar-refractivity contribution < 1.29 is 9.53 Å². The smallest absolute Gasteiger partial charge is 0.309 e. The van der Waals surface area contributed by atoms with Crippen LogP contribution in [0, 0.1) is 11.8 Å². The highest BCUT2D eigenvalue weighted by atomic mass is 16.5. The maximum Gasteiger partial charge on any atom is 0.309 e. The zero-order valence-electron chi connectivity index (χ0n) is 7.96. The molecule has 0 saturated heterocycles. The molecule has 1 aliphatic rings. The van der Waals surface area contributed by atoms with Gasteiger partial charge in [-0.2, -0.15) is 0 Å². The second kappa shape index (κ2) is 3.74. The second-order valence-electron chi connectivity index (χ2n) is 3.50. The van der Waals surface area contributed by atoms with Crippen LogP contribution in [0.15, 0.2) is 11.6 Å². The lowest BCUT2D eigenvalue weighted by atomic mass is 10.2. The predicted molar refractivity (Wildman–Crippen MR) is 47.7 cm³/mol. The van der Waals surface area contributed by atoms with E-state index in [9.17, 15) is 4.79 Å². The van der Waals surface area contributed by atoms with Crippen molar-refractivity contribution in [2.45, 2.75) is 27.2 Å². The SMILES string of the molecule is CCOC(=O)[C@@H]1C[C@@H]1C=C(C)C. The van der Waals surface area contributed by atoms with E-state index < -0.39 is 0 Å². The van der Waals surface area contributed by atoms with Gasteiger partial charge in [0.05, 0.1) is 12.5 Å². The van der Waals surface area contributed by atoms with Crippen molar-refractivity contribution in [1.29, 1.82) is 0 Å². The van der Waals surface area contributed by atoms with Crippen LogP contribution in [0.1, 0.15) is 27.2 Å². The Morgan fingerprint density at radius 2 is 2.25 bits per heavy atom. The summed E-state index contributed by atoms with van der Waals surface area (Å²) in [5.41, 5.74) is 1.28. The molecule has 0 amide bonds. The van der Waals surface area contributed by atoms with Crippen molar-refractivity contribution in [2.24, 2.45) is 11.8 Å². The first-order chi connectivity index (χ1) is 5.65. The summed E-state index contributed by atoms with van der Waals surface area (Å²) in [7, 11) is 0. The van der Waals surface area contributed by atoms with Crippen molar-refractivity contribution in [3.8, 4) is 0 Å². The highest BCUT2D eigenvalue weighted by Gasteiger charge is 2.42. The fourth-order valence-corrected chi connectivity index (χ4v) is 1.35. The molecule has 12 heavy (non-hydrogen) atoms. The van der Waals surface area contributed by atoms with Gasteiger partial charge in [-0.15, -0.1) is 0 Å². The standard InChI is InChI=1S/C10H16O2/c1-4-12-10(11)9-6-8(9)5-7(2)3/h5,8-9H,4,6H2,1-3H3/t8-,9+/m0/s1. The van der Waals surface area contributed by atoms with E-state index in [1.54, 1.807) is 0 Å². The zero-order chi connectivity index (χ0) is 9.14. The van der Waals surface area contributed by atoms with Crippen LogP contribution in [0.4, 0.5) is 0 Å². The molecule has 0 spiro atoms. The summed E-state index contributed by atoms with van der Waals surface area (Å²) < 4.78 is 4.91. The average Bonchev–Trinajstić information content (AvgIpc) is 2.67. The molecule has 1 aliphatic carbocycles. The van der Waals surface area contributed by atoms with Crippen LogP contribution in [-0.4, -0.2) is 12.6 Å². The van der Waals surface area contributed by atoms with E-state index in [0.717, 1.165) is 6.42 Å². The van der Waals surface area contributed by atoms with Gasteiger partial charge >= 0.3 is 5.97 Å². The Hall–Kier alpha value is -0.790. The van der Waals surface area contributed by atoms with Crippen LogP contribution < -0.4 is 0 Å². The number of allylic oxidation sites excluding steroid dienone is 2. The molecule has 0 aromatic heterocycles. The number of carbonyl (C=O) groups excluding carboxylic acids is 1. The molecule has 2 heteroatoms. The minimum absolute atomic E-state index is 0.0278. The summed E-state index contributed by atoms with van der Waals surface area (Å²) in [4.78, 5) is 11.1. The predicted octanol–water partition coefficient (Wildman–Crippen LogP) is 2.15. The molecule has 1 fully saturated rings. The van der Waals surface area contributed by atoms with Gasteiger partial charge in [-0.25, -0.2) is 0 Å². The highest BCUT2D eigenvalue weighted by Crippen LogP contribution is 2.41. The van der Waals surface area contributed by atoms with Crippen molar-refractivity contribution >= 4 is 5.97 Å². The molecule has 1 rings (SSSR count). The Labute approximate surface area is 73.6 Å². The zero-order valence-corrected chi connectivity index (χ0v) is 7.96. The van der Waals surface area contributed by atoms with E-state index in [4.69, 9.17) is 4.74 Å². The molecule has 0 unspecified atom stereocenters. The van der Waals surface area contributed by atoms with E-state index in [-0.39, 0.29) is 11.9 Å². The van der Waals surface area contributed by atoms with Gasteiger partial charge in [0.25, 0.3) is 0 Å². The van der Waals surface area contributed by atoms with Gasteiger partial charge in [-0.3, -0.25) is 4.79 Å². The third-order valence-corrected chi connectivity index (χ3v) is 1.98. The highest BCUT2D eigenvalue weighted by molar-refractivity contribution is 5.76. The summed E-state index contributed by atoms with van der Waals surface area (Å²) in [5, 5.41) is 0. The molecule has 0 aliphatic heterocycles. The molecule has 0 N–H and O–H groups in total. The van der Waals surface area contributed by atoms with Gasteiger partial charge in [0.1, 0.15) is 0 Å². The maximum atomic E-state index is 11.1. The maximum absolute atomic E-state index is 11.1. The Kier molecular flexibility index (Phi) is 2.90. The summed E-state index contributed by atoms with van der Waals surface area (Å²) in [6, 6.07) is 0. The quantitative estimate of drug-likeness (QED) is 0.477. The molecule has 68 valence electrons. The molecule has 0 bridgehead atoms. The topological polar surface area (TPSA) is 26.3 Å². The van der Waals surface area contributed by atoms with Gasteiger partial charge in [0.15, 0.2) is 0 Å². The third kappa shape index (κ3) is 2.36. The third-order valence-electron chi connectivity index (χ3n) is 1.98. The lowest BCUT2D eigenvalue weighted by Gasteiger charge is -1.98. The van der Waals surface area contributed by atoms with Gasteiger partial charge in [0, 0.05) is 0 Å². The minimum atomic E-state index is -0.0278. The Balaban J connectivity index is 2.32. The van der Waals surface area contributed by atoms with Gasteiger partial charge < -0.3 is 4.74 Å². The van der Waals surface area contributed by atoms with E-state index in [2.05, 4.69) is 19.9 Å². The Morgan fingerprint density at radius 3 is 2.75 bits per heavy atom. The summed E-state index contributed by atoms with van der Waals surface area (Å²) in [6.45, 7) is 6.45. The summed E-state index contributed by atoms with van der Waals surface area (Å²) in [5.74, 6) is 0.578. The number of hydrogen-bond donors (Lipinski definition) is 0. The van der Waals surface area contributed by atoms with Gasteiger partial charge in [-0.05, 0) is 33.1 Å². The molecule has 2 atom stereocenters. The normalized spacial score (nSPS) is 26.2. The van der Waals surface area contributed by atoms with Crippen molar-refractivity contribution in [2.75, 3.05) is 6.61 Å². The minimum Gasteiger partial charge on any atom is -0.466 e. The number of ether oxygens (including phenoxy) is 1. The molecule has 2 nitrogen and oxygen atoms in total. The molecule has 0 radical (unpaired) electrons. The largest absolute Gasteiger partial charge is 0.466 e. The van der Waals surface area contributed by atoms with Gasteiger partial charge in [-0.1, -0.05) is 11.6 Å². The summed E-state index contributed by atoms with van der Waals surface area (Å²) >= 11 is 0. The second-order valence-corrected chi connectivity index (χ2v) is 3.50. The van der Waals surface area contributed by atoms with E-state index in [1.165, 1.54) is 5.57 Å². The first kappa shape index (κ1) is 9.30. The summed E-state index contributed by atoms with van der Waals surface area (Å²) in [6.07, 6.45) is 3.13. The molecule has 0 aromatic carbocycles. The van der Waals surface area contributed by atoms with Crippen LogP contribution >= 0.6 is 0 Å². The number of hydrogen-bond acceptors (Lipinski definition) is 2. The van der Waals surface area contributed by atoms with E-state index in [1.807, 2.05) is 6.92 Å². The van der Waals surface area contributed by atoms with Gasteiger partial charge in [0.2, 0.25) is 0 Å². The van der Waals surface area contributed by atoms with Crippen molar-refractivity contribution in [3.05, 3.63) is 11.6 Å². The molecular weight excluding hydrogens is 152 g/mol. The van der Waals surface area contributed by atoms with E-state index >= 15 is 0 Å². The van der Waals surface area contributed by atoms with Crippen LogP contribution in [-0.2, 0) is 9.53 Å². The molecule has 1 saturated carbocycles. The fourth-order valence-electron chi connectivity index (χ4n) is 1.35. The molecular formula is C10H16O2. The lowest BCUT2D eigenvalue weighted by molar-refractivity contribution is -0.144.